The molecule has 3 heterocycles. The van der Waals surface area contributed by atoms with Gasteiger partial charge in [-0.3, -0.25) is 0 Å². The zero-order valence-electron chi connectivity index (χ0n) is 42.7. The third-order valence-electron chi connectivity index (χ3n) is 15.3. The maximum atomic E-state index is 5.41. The maximum Gasteiger partial charge on any atom is 0.202 e. The van der Waals surface area contributed by atoms with Crippen molar-refractivity contribution in [2.24, 2.45) is 0 Å². The summed E-state index contributed by atoms with van der Waals surface area (Å²) in [6, 6.07) is 86.1. The first kappa shape index (κ1) is 45.2. The summed E-state index contributed by atoms with van der Waals surface area (Å²) in [6.07, 6.45) is 0. The molecule has 0 bridgehead atoms. The smallest absolute Gasteiger partial charge is 0.202 e. The minimum atomic E-state index is 0.225. The Morgan fingerprint density at radius 3 is 0.725 bits per heavy atom. The van der Waals surface area contributed by atoms with Crippen LogP contribution in [0.1, 0.15) is 0 Å². The molecule has 16 rings (SSSR count). The van der Waals surface area contributed by atoms with E-state index in [-0.39, 0.29) is 23.3 Å². The monoisotopic (exact) mass is 1020 g/mol. The fourth-order valence-corrected chi connectivity index (χ4v) is 11.7. The molecule has 0 amide bonds. The van der Waals surface area contributed by atoms with E-state index in [1.165, 1.54) is 55.3 Å². The van der Waals surface area contributed by atoms with Gasteiger partial charge in [0, 0.05) is 27.8 Å². The van der Waals surface area contributed by atoms with Gasteiger partial charge in [-0.25, -0.2) is 44.9 Å². The summed E-state index contributed by atoms with van der Waals surface area (Å²) < 4.78 is 0. The van der Waals surface area contributed by atoms with Gasteiger partial charge in [0.25, 0.3) is 0 Å². The minimum Gasteiger partial charge on any atom is -0.208 e. The summed E-state index contributed by atoms with van der Waals surface area (Å²) in [4.78, 5) is 46.7. The number of hydrogen-bond acceptors (Lipinski definition) is 9. The zero-order valence-corrected chi connectivity index (χ0v) is 42.7. The molecule has 80 heavy (non-hydrogen) atoms. The lowest BCUT2D eigenvalue weighted by molar-refractivity contribution is 0.978. The van der Waals surface area contributed by atoms with E-state index in [1.807, 2.05) is 121 Å². The number of aromatic nitrogens is 9. The molecule has 0 aliphatic heterocycles. The van der Waals surface area contributed by atoms with E-state index in [0.29, 0.717) is 29.1 Å². The Bertz CT molecular complexity index is 4350. The first-order valence-electron chi connectivity index (χ1n) is 26.6. The SMILES string of the molecule is c1ccc(-c2nc(-c3ccccc3)nc(-c3nc(-c4cc(-c5ccc6c7c(cccc57)-c5ccccc5-6)cc(-c5ccc6c7c(cccc57)-c5ccccc5-6)c4)nc(-c4nc(-c5ccccc5)nc(-c5ccccc5)n4)n3)n2)cc1. The first-order chi connectivity index (χ1) is 39.6. The highest BCUT2D eigenvalue weighted by Crippen LogP contribution is 2.52. The predicted molar refractivity (Wildman–Crippen MR) is 319 cm³/mol. The minimum absolute atomic E-state index is 0.225. The summed E-state index contributed by atoms with van der Waals surface area (Å²) in [5.74, 6) is 3.26. The lowest BCUT2D eigenvalue weighted by atomic mass is 9.89. The van der Waals surface area contributed by atoms with Crippen LogP contribution < -0.4 is 0 Å². The van der Waals surface area contributed by atoms with Crippen LogP contribution >= 0.6 is 0 Å². The quantitative estimate of drug-likeness (QED) is 0.139. The Balaban J connectivity index is 0.975. The second kappa shape index (κ2) is 18.3. The second-order valence-electron chi connectivity index (χ2n) is 20.1. The third kappa shape index (κ3) is 7.51. The van der Waals surface area contributed by atoms with Crippen molar-refractivity contribution in [2.45, 2.75) is 0 Å². The van der Waals surface area contributed by atoms with Crippen LogP contribution in [0.5, 0.6) is 0 Å². The molecular formula is C71H41N9. The van der Waals surface area contributed by atoms with Gasteiger partial charge in [0.2, 0.25) is 23.3 Å². The molecule has 3 aromatic heterocycles. The first-order valence-corrected chi connectivity index (χ1v) is 26.6. The molecule has 0 atom stereocenters. The topological polar surface area (TPSA) is 116 Å². The molecule has 370 valence electrons. The van der Waals surface area contributed by atoms with Crippen molar-refractivity contribution >= 4 is 21.5 Å². The van der Waals surface area contributed by atoms with Gasteiger partial charge >= 0.3 is 0 Å². The molecule has 9 nitrogen and oxygen atoms in total. The van der Waals surface area contributed by atoms with E-state index in [2.05, 4.69) is 127 Å². The maximum absolute atomic E-state index is 5.41. The van der Waals surface area contributed by atoms with Gasteiger partial charge in [0.15, 0.2) is 29.1 Å². The molecule has 0 unspecified atom stereocenters. The normalized spacial score (nSPS) is 11.8. The van der Waals surface area contributed by atoms with E-state index >= 15 is 0 Å². The predicted octanol–water partition coefficient (Wildman–Crippen LogP) is 16.8. The molecule has 0 spiro atoms. The standard InChI is InChI=1S/C71H41N9/c1-5-19-42(20-6-1)63-72-64(43-21-7-2-8-22-43)75-68(74-63)70-78-67(79-71(80-70)69-76-65(44-23-9-3-10-24-44)73-66(77-69)45-25-11-4-12-26-45)48-40-46(49-35-37-59-53-29-15-13-27-51(53)57-33-17-31-55(49)61(57)59)39-47(41-48)50-36-38-60-54-30-16-14-28-52(54)58-34-18-32-56(50)62(58)60/h1-41H. The number of nitrogens with zero attached hydrogens (tertiary/aromatic N) is 9. The molecule has 0 fully saturated rings. The van der Waals surface area contributed by atoms with Crippen LogP contribution in [0, 0.1) is 0 Å². The average molecular weight is 1020 g/mol. The van der Waals surface area contributed by atoms with Gasteiger partial charge in [0.05, 0.1) is 0 Å². The van der Waals surface area contributed by atoms with Crippen LogP contribution in [0.3, 0.4) is 0 Å². The van der Waals surface area contributed by atoms with Gasteiger partial charge in [-0.2, -0.15) is 0 Å². The van der Waals surface area contributed by atoms with Gasteiger partial charge in [-0.05, 0) is 107 Å². The molecule has 0 N–H and O–H groups in total. The van der Waals surface area contributed by atoms with Crippen molar-refractivity contribution in [3.05, 3.63) is 249 Å². The summed E-state index contributed by atoms with van der Waals surface area (Å²) in [6.45, 7) is 0. The summed E-state index contributed by atoms with van der Waals surface area (Å²) in [7, 11) is 0. The third-order valence-corrected chi connectivity index (χ3v) is 15.3. The van der Waals surface area contributed by atoms with Crippen molar-refractivity contribution in [1.29, 1.82) is 0 Å². The van der Waals surface area contributed by atoms with Crippen molar-refractivity contribution in [2.75, 3.05) is 0 Å². The molecule has 0 saturated heterocycles. The summed E-state index contributed by atoms with van der Waals surface area (Å²) in [5.41, 5.74) is 18.1. The highest BCUT2D eigenvalue weighted by atomic mass is 15.1. The van der Waals surface area contributed by atoms with Gasteiger partial charge < -0.3 is 0 Å². The Hall–Kier alpha value is -11.0. The number of fused-ring (bicyclic) bond motifs is 6. The summed E-state index contributed by atoms with van der Waals surface area (Å²) in [5, 5.41) is 4.79. The number of rotatable bonds is 9. The van der Waals surface area contributed by atoms with Crippen LogP contribution in [-0.4, -0.2) is 44.9 Å². The van der Waals surface area contributed by atoms with E-state index in [0.717, 1.165) is 60.8 Å². The summed E-state index contributed by atoms with van der Waals surface area (Å²) >= 11 is 0. The largest absolute Gasteiger partial charge is 0.208 e. The molecule has 2 aliphatic rings. The Kier molecular flexibility index (Phi) is 10.4. The van der Waals surface area contributed by atoms with Gasteiger partial charge in [-0.15, -0.1) is 0 Å². The lowest BCUT2D eigenvalue weighted by Gasteiger charge is -2.16. The fourth-order valence-electron chi connectivity index (χ4n) is 11.7. The van der Waals surface area contributed by atoms with Crippen molar-refractivity contribution in [3.8, 4) is 147 Å². The lowest BCUT2D eigenvalue weighted by Crippen LogP contribution is -2.08. The van der Waals surface area contributed by atoms with Crippen molar-refractivity contribution < 1.29 is 0 Å². The molecule has 9 heteroatoms. The van der Waals surface area contributed by atoms with Gasteiger partial charge in [0.1, 0.15) is 0 Å². The van der Waals surface area contributed by atoms with Crippen LogP contribution in [0.15, 0.2) is 249 Å². The molecule has 2 aliphatic carbocycles. The van der Waals surface area contributed by atoms with E-state index in [9.17, 15) is 0 Å². The van der Waals surface area contributed by atoms with Crippen LogP contribution in [0.2, 0.25) is 0 Å². The Morgan fingerprint density at radius 2 is 0.388 bits per heavy atom. The van der Waals surface area contributed by atoms with E-state index in [4.69, 9.17) is 44.9 Å². The van der Waals surface area contributed by atoms with Crippen molar-refractivity contribution in [3.63, 3.8) is 0 Å². The Labute approximate surface area is 459 Å². The highest BCUT2D eigenvalue weighted by molar-refractivity contribution is 6.20. The molecule has 14 aromatic rings. The van der Waals surface area contributed by atoms with Crippen LogP contribution in [0.25, 0.3) is 169 Å². The highest BCUT2D eigenvalue weighted by Gasteiger charge is 2.27. The molecular weight excluding hydrogens is 979 g/mol. The molecule has 0 radical (unpaired) electrons. The van der Waals surface area contributed by atoms with Gasteiger partial charge in [-0.1, -0.05) is 231 Å². The van der Waals surface area contributed by atoms with Crippen molar-refractivity contribution in [1.82, 2.24) is 44.9 Å². The number of benzene rings is 11. The average Bonchev–Trinajstić information content (AvgIpc) is 4.15. The van der Waals surface area contributed by atoms with E-state index < -0.39 is 0 Å². The van der Waals surface area contributed by atoms with Crippen LogP contribution in [0.4, 0.5) is 0 Å². The van der Waals surface area contributed by atoms with E-state index in [1.54, 1.807) is 0 Å². The molecule has 11 aromatic carbocycles. The van der Waals surface area contributed by atoms with Crippen LogP contribution in [-0.2, 0) is 0 Å². The fraction of sp³-hybridized carbons (Fsp3) is 0. The zero-order chi connectivity index (χ0) is 52.7. The number of hydrogen-bond donors (Lipinski definition) is 0. The molecule has 0 saturated carbocycles. The Morgan fingerprint density at radius 1 is 0.150 bits per heavy atom. The second-order valence-corrected chi connectivity index (χ2v) is 20.1.